The van der Waals surface area contributed by atoms with Gasteiger partial charge in [-0.3, -0.25) is 5.32 Å². The quantitative estimate of drug-likeness (QED) is 0.597. The Labute approximate surface area is 188 Å². The molecule has 1 saturated heterocycles. The first-order valence-corrected chi connectivity index (χ1v) is 10.8. The molecule has 0 aliphatic carbocycles. The zero-order chi connectivity index (χ0) is 22.2. The molecule has 0 bridgehead atoms. The van der Waals surface area contributed by atoms with Crippen molar-refractivity contribution in [3.63, 3.8) is 0 Å². The average Bonchev–Trinajstić information content (AvgIpc) is 2.85. The molecule has 2 N–H and O–H groups in total. The van der Waals surface area contributed by atoms with Gasteiger partial charge in [0.2, 0.25) is 0 Å². The third-order valence-corrected chi connectivity index (χ3v) is 5.48. The van der Waals surface area contributed by atoms with Crippen LogP contribution in [0.4, 0.5) is 22.1 Å². The maximum absolute atomic E-state index is 12.3. The van der Waals surface area contributed by atoms with Crippen molar-refractivity contribution in [1.82, 2.24) is 15.3 Å². The van der Waals surface area contributed by atoms with Crippen LogP contribution in [0, 0.1) is 0 Å². The number of amides is 2. The van der Waals surface area contributed by atoms with E-state index in [9.17, 15) is 4.79 Å². The molecule has 8 nitrogen and oxygen atoms in total. The zero-order valence-electron chi connectivity index (χ0n) is 18.2. The van der Waals surface area contributed by atoms with E-state index in [1.807, 2.05) is 36.4 Å². The molecule has 1 fully saturated rings. The number of rotatable bonds is 7. The number of hydrogen-bond donors (Lipinski definition) is 2. The minimum absolute atomic E-state index is 0.281. The van der Waals surface area contributed by atoms with Gasteiger partial charge in [0.1, 0.15) is 23.7 Å². The largest absolute Gasteiger partial charge is 0.497 e. The molecule has 0 atom stereocenters. The topological polar surface area (TPSA) is 82.6 Å². The molecule has 32 heavy (non-hydrogen) atoms. The minimum atomic E-state index is -0.281. The van der Waals surface area contributed by atoms with Crippen LogP contribution in [0.25, 0.3) is 0 Å². The number of hydrogen-bond acceptors (Lipinski definition) is 6. The van der Waals surface area contributed by atoms with Crippen LogP contribution in [0.2, 0.25) is 0 Å². The molecule has 2 aromatic carbocycles. The molecule has 8 heteroatoms. The number of piperazine rings is 1. The molecule has 1 aliphatic heterocycles. The first-order valence-electron chi connectivity index (χ1n) is 10.8. The molecular weight excluding hydrogens is 404 g/mol. The highest BCUT2D eigenvalue weighted by molar-refractivity contribution is 5.88. The maximum Gasteiger partial charge on any atom is 0.320 e. The SMILES string of the molecule is COc1ccc(CCNC(=O)Nc2cc(N3CCN(c4ccccc4)CC3)ncn2)cc1. The van der Waals surface area contributed by atoms with Gasteiger partial charge in [-0.1, -0.05) is 30.3 Å². The average molecular weight is 433 g/mol. The molecule has 3 aromatic rings. The fourth-order valence-corrected chi connectivity index (χ4v) is 3.69. The second-order valence-corrected chi connectivity index (χ2v) is 7.55. The van der Waals surface area contributed by atoms with Crippen molar-refractivity contribution in [1.29, 1.82) is 0 Å². The highest BCUT2D eigenvalue weighted by atomic mass is 16.5. The Morgan fingerprint density at radius 1 is 0.969 bits per heavy atom. The molecule has 2 heterocycles. The maximum atomic E-state index is 12.3. The van der Waals surface area contributed by atoms with Crippen LogP contribution in [-0.2, 0) is 6.42 Å². The minimum Gasteiger partial charge on any atom is -0.497 e. The Bertz CT molecular complexity index is 1000. The smallest absolute Gasteiger partial charge is 0.320 e. The van der Waals surface area contributed by atoms with E-state index < -0.39 is 0 Å². The first kappa shape index (κ1) is 21.4. The lowest BCUT2D eigenvalue weighted by Crippen LogP contribution is -2.46. The summed E-state index contributed by atoms with van der Waals surface area (Å²) in [4.78, 5) is 25.4. The van der Waals surface area contributed by atoms with Crippen LogP contribution in [0.3, 0.4) is 0 Å². The van der Waals surface area contributed by atoms with Gasteiger partial charge in [0.15, 0.2) is 0 Å². The highest BCUT2D eigenvalue weighted by Gasteiger charge is 2.19. The second-order valence-electron chi connectivity index (χ2n) is 7.55. The summed E-state index contributed by atoms with van der Waals surface area (Å²) in [7, 11) is 1.64. The normalized spacial score (nSPS) is 13.5. The van der Waals surface area contributed by atoms with Gasteiger partial charge >= 0.3 is 6.03 Å². The Kier molecular flexibility index (Phi) is 7.01. The fourth-order valence-electron chi connectivity index (χ4n) is 3.69. The number of para-hydroxylation sites is 1. The van der Waals surface area contributed by atoms with Crippen molar-refractivity contribution in [2.45, 2.75) is 6.42 Å². The van der Waals surface area contributed by atoms with Gasteiger partial charge in [0.25, 0.3) is 0 Å². The number of nitrogens with zero attached hydrogens (tertiary/aromatic N) is 4. The Morgan fingerprint density at radius 2 is 1.69 bits per heavy atom. The highest BCUT2D eigenvalue weighted by Crippen LogP contribution is 2.20. The third-order valence-electron chi connectivity index (χ3n) is 5.48. The van der Waals surface area contributed by atoms with Crippen molar-refractivity contribution in [2.24, 2.45) is 0 Å². The van der Waals surface area contributed by atoms with E-state index in [0.29, 0.717) is 12.4 Å². The number of ether oxygens (including phenoxy) is 1. The van der Waals surface area contributed by atoms with Gasteiger partial charge in [0.05, 0.1) is 7.11 Å². The standard InChI is InChI=1S/C24H28N6O2/c1-32-21-9-7-19(8-10-21)11-12-25-24(31)28-22-17-23(27-18-26-22)30-15-13-29(14-16-30)20-5-3-2-4-6-20/h2-10,17-18H,11-16H2,1H3,(H2,25,26,27,28,31). The number of methoxy groups -OCH3 is 1. The number of urea groups is 1. The van der Waals surface area contributed by atoms with Crippen LogP contribution in [0.5, 0.6) is 5.75 Å². The molecule has 166 valence electrons. The molecule has 0 spiro atoms. The van der Waals surface area contributed by atoms with Crippen molar-refractivity contribution in [2.75, 3.05) is 55.0 Å². The zero-order valence-corrected chi connectivity index (χ0v) is 18.2. The van der Waals surface area contributed by atoms with E-state index in [2.05, 4.69) is 54.7 Å². The Morgan fingerprint density at radius 3 is 2.41 bits per heavy atom. The van der Waals surface area contributed by atoms with Gasteiger partial charge in [0, 0.05) is 44.5 Å². The summed E-state index contributed by atoms with van der Waals surface area (Å²) >= 11 is 0. The number of benzene rings is 2. The summed E-state index contributed by atoms with van der Waals surface area (Å²) in [5.41, 5.74) is 2.37. The van der Waals surface area contributed by atoms with E-state index in [0.717, 1.165) is 49.7 Å². The van der Waals surface area contributed by atoms with Gasteiger partial charge in [-0.2, -0.15) is 0 Å². The molecule has 0 unspecified atom stereocenters. The number of nitrogens with one attached hydrogen (secondary N) is 2. The van der Waals surface area contributed by atoms with Crippen molar-refractivity contribution >= 4 is 23.4 Å². The number of anilines is 3. The molecule has 0 saturated carbocycles. The van der Waals surface area contributed by atoms with E-state index in [4.69, 9.17) is 4.74 Å². The van der Waals surface area contributed by atoms with Crippen LogP contribution < -0.4 is 25.2 Å². The summed E-state index contributed by atoms with van der Waals surface area (Å²) in [5, 5.41) is 5.67. The Hall–Kier alpha value is -3.81. The van der Waals surface area contributed by atoms with E-state index >= 15 is 0 Å². The lowest BCUT2D eigenvalue weighted by molar-refractivity contribution is 0.252. The molecule has 1 aliphatic rings. The second kappa shape index (κ2) is 10.5. The van der Waals surface area contributed by atoms with Crippen LogP contribution in [-0.4, -0.2) is 55.8 Å². The number of carbonyl (C=O) groups is 1. The van der Waals surface area contributed by atoms with Crippen LogP contribution in [0.1, 0.15) is 5.56 Å². The van der Waals surface area contributed by atoms with Crippen molar-refractivity contribution < 1.29 is 9.53 Å². The summed E-state index contributed by atoms with van der Waals surface area (Å²) < 4.78 is 5.16. The van der Waals surface area contributed by atoms with E-state index in [-0.39, 0.29) is 6.03 Å². The lowest BCUT2D eigenvalue weighted by atomic mass is 10.1. The summed E-state index contributed by atoms with van der Waals surface area (Å²) in [6.07, 6.45) is 2.23. The van der Waals surface area contributed by atoms with Gasteiger partial charge in [-0.25, -0.2) is 14.8 Å². The van der Waals surface area contributed by atoms with Crippen LogP contribution in [0.15, 0.2) is 67.0 Å². The van der Waals surface area contributed by atoms with Gasteiger partial charge in [-0.05, 0) is 36.2 Å². The molecular formula is C24H28N6O2. The van der Waals surface area contributed by atoms with Gasteiger partial charge in [-0.15, -0.1) is 0 Å². The predicted molar refractivity (Wildman–Crippen MR) is 127 cm³/mol. The molecule has 1 aromatic heterocycles. The van der Waals surface area contributed by atoms with Gasteiger partial charge < -0.3 is 19.9 Å². The summed E-state index contributed by atoms with van der Waals surface area (Å²) in [6, 6.07) is 19.8. The predicted octanol–water partition coefficient (Wildman–Crippen LogP) is 3.18. The Balaban J connectivity index is 1.25. The van der Waals surface area contributed by atoms with E-state index in [1.165, 1.54) is 12.0 Å². The lowest BCUT2D eigenvalue weighted by Gasteiger charge is -2.36. The van der Waals surface area contributed by atoms with Crippen molar-refractivity contribution in [3.05, 3.63) is 72.6 Å². The summed E-state index contributed by atoms with van der Waals surface area (Å²) in [5.74, 6) is 2.13. The van der Waals surface area contributed by atoms with Crippen molar-refractivity contribution in [3.8, 4) is 5.75 Å². The fraction of sp³-hybridized carbons (Fsp3) is 0.292. The molecule has 0 radical (unpaired) electrons. The number of aromatic nitrogens is 2. The third kappa shape index (κ3) is 5.66. The van der Waals surface area contributed by atoms with Crippen LogP contribution >= 0.6 is 0 Å². The monoisotopic (exact) mass is 432 g/mol. The first-order chi connectivity index (χ1) is 15.7. The van der Waals surface area contributed by atoms with E-state index in [1.54, 1.807) is 7.11 Å². The summed E-state index contributed by atoms with van der Waals surface area (Å²) in [6.45, 7) is 4.08. The number of carbonyl (C=O) groups excluding carboxylic acids is 1. The molecule has 2 amide bonds. The molecule has 4 rings (SSSR count).